The lowest BCUT2D eigenvalue weighted by Crippen LogP contribution is -2.18. The van der Waals surface area contributed by atoms with Crippen LogP contribution in [0.2, 0.25) is 0 Å². The highest BCUT2D eigenvalue weighted by Crippen LogP contribution is 2.10. The van der Waals surface area contributed by atoms with Crippen molar-refractivity contribution in [1.29, 1.82) is 0 Å². The van der Waals surface area contributed by atoms with Gasteiger partial charge in [-0.15, -0.1) is 6.58 Å². The molecule has 1 aliphatic rings. The van der Waals surface area contributed by atoms with E-state index in [1.165, 1.54) is 0 Å². The third kappa shape index (κ3) is 1.23. The monoisotopic (exact) mass is 137 g/mol. The molecule has 1 aliphatic heterocycles. The molecule has 0 fully saturated rings. The van der Waals surface area contributed by atoms with Crippen LogP contribution in [0.4, 0.5) is 0 Å². The number of hydrogen-bond donors (Lipinski definition) is 0. The van der Waals surface area contributed by atoms with Crippen LogP contribution in [0.25, 0.3) is 0 Å². The number of nitrogens with zero attached hydrogens (tertiary/aromatic N) is 3. The molecule has 1 atom stereocenters. The van der Waals surface area contributed by atoms with Crippen LogP contribution in [0.3, 0.4) is 0 Å². The van der Waals surface area contributed by atoms with Crippen molar-refractivity contribution in [2.75, 3.05) is 0 Å². The molecule has 0 aromatic carbocycles. The zero-order valence-corrected chi connectivity index (χ0v) is 6.07. The van der Waals surface area contributed by atoms with Crippen LogP contribution in [0.1, 0.15) is 13.3 Å². The molecule has 0 amide bonds. The predicted molar refractivity (Wildman–Crippen MR) is 43.1 cm³/mol. The third-order valence-electron chi connectivity index (χ3n) is 1.35. The van der Waals surface area contributed by atoms with E-state index in [4.69, 9.17) is 0 Å². The first kappa shape index (κ1) is 6.99. The lowest BCUT2D eigenvalue weighted by molar-refractivity contribution is 0.283. The molecule has 0 saturated heterocycles. The second-order valence-electron chi connectivity index (χ2n) is 2.03. The molecule has 0 aromatic rings. The number of hydrogen-bond acceptors (Lipinski definition) is 3. The second-order valence-corrected chi connectivity index (χ2v) is 2.03. The third-order valence-corrected chi connectivity index (χ3v) is 1.35. The summed E-state index contributed by atoms with van der Waals surface area (Å²) < 4.78 is 0. The van der Waals surface area contributed by atoms with Crippen molar-refractivity contribution < 1.29 is 0 Å². The minimum Gasteiger partial charge on any atom is -0.178 e. The Balaban J connectivity index is 2.56. The highest BCUT2D eigenvalue weighted by atomic mass is 15.7. The minimum absolute atomic E-state index is 0.260. The number of hydrazone groups is 2. The van der Waals surface area contributed by atoms with Crippen LogP contribution >= 0.6 is 0 Å². The van der Waals surface area contributed by atoms with E-state index < -0.39 is 0 Å². The van der Waals surface area contributed by atoms with Crippen LogP contribution < -0.4 is 0 Å². The first-order valence-electron chi connectivity index (χ1n) is 3.31. The highest BCUT2D eigenvalue weighted by molar-refractivity contribution is 5.61. The van der Waals surface area contributed by atoms with Gasteiger partial charge in [-0.3, -0.25) is 0 Å². The van der Waals surface area contributed by atoms with Gasteiger partial charge in [-0.25, -0.2) is 0 Å². The molecule has 1 heterocycles. The van der Waals surface area contributed by atoms with E-state index in [9.17, 15) is 0 Å². The summed E-state index contributed by atoms with van der Waals surface area (Å²) in [5.41, 5.74) is 0. The highest BCUT2D eigenvalue weighted by Gasteiger charge is 2.14. The maximum absolute atomic E-state index is 4.02. The molecular formula is C7H11N3. The Morgan fingerprint density at radius 1 is 1.90 bits per heavy atom. The second kappa shape index (κ2) is 3.15. The van der Waals surface area contributed by atoms with E-state index in [0.29, 0.717) is 0 Å². The molecule has 10 heavy (non-hydrogen) atoms. The van der Waals surface area contributed by atoms with E-state index in [1.54, 1.807) is 11.3 Å². The lowest BCUT2D eigenvalue weighted by atomic mass is 10.2. The average molecular weight is 137 g/mol. The summed E-state index contributed by atoms with van der Waals surface area (Å²) in [6, 6.07) is 0.260. The zero-order valence-electron chi connectivity index (χ0n) is 6.07. The maximum atomic E-state index is 4.02. The zero-order chi connectivity index (χ0) is 7.40. The summed E-state index contributed by atoms with van der Waals surface area (Å²) in [4.78, 5) is 0. The van der Waals surface area contributed by atoms with Crippen molar-refractivity contribution in [3.8, 4) is 0 Å². The summed E-state index contributed by atoms with van der Waals surface area (Å²) >= 11 is 0. The topological polar surface area (TPSA) is 28.0 Å². The Morgan fingerprint density at radius 3 is 3.30 bits per heavy atom. The fraction of sp³-hybridized carbons (Fsp3) is 0.429. The Kier molecular flexibility index (Phi) is 2.20. The van der Waals surface area contributed by atoms with Crippen LogP contribution in [0, 0.1) is 0 Å². The van der Waals surface area contributed by atoms with Gasteiger partial charge >= 0.3 is 0 Å². The predicted octanol–water partition coefficient (Wildman–Crippen LogP) is 1.24. The van der Waals surface area contributed by atoms with Gasteiger partial charge in [0.1, 0.15) is 0 Å². The van der Waals surface area contributed by atoms with Crippen LogP contribution in [0.15, 0.2) is 22.9 Å². The fourth-order valence-electron chi connectivity index (χ4n) is 0.843. The molecule has 0 bridgehead atoms. The van der Waals surface area contributed by atoms with Gasteiger partial charge < -0.3 is 0 Å². The molecule has 0 unspecified atom stereocenters. The van der Waals surface area contributed by atoms with E-state index in [-0.39, 0.29) is 6.04 Å². The smallest absolute Gasteiger partial charge is 0.0943 e. The molecule has 3 nitrogen and oxygen atoms in total. The minimum atomic E-state index is 0.260. The summed E-state index contributed by atoms with van der Waals surface area (Å²) in [7, 11) is 0. The van der Waals surface area contributed by atoms with Gasteiger partial charge in [0.15, 0.2) is 0 Å². The molecule has 0 radical (unpaired) electrons. The Morgan fingerprint density at radius 2 is 2.70 bits per heavy atom. The Hall–Kier alpha value is -1.12. The van der Waals surface area contributed by atoms with Gasteiger partial charge in [0.05, 0.1) is 6.04 Å². The van der Waals surface area contributed by atoms with E-state index in [2.05, 4.69) is 16.8 Å². The van der Waals surface area contributed by atoms with Gasteiger partial charge in [0.2, 0.25) is 0 Å². The summed E-state index contributed by atoms with van der Waals surface area (Å²) in [6.45, 7) is 5.55. The average Bonchev–Trinajstić information content (AvgIpc) is 2.36. The molecule has 0 N–H and O–H groups in total. The van der Waals surface area contributed by atoms with Gasteiger partial charge in [-0.05, 0) is 6.92 Å². The van der Waals surface area contributed by atoms with E-state index in [0.717, 1.165) is 6.42 Å². The summed E-state index contributed by atoms with van der Waals surface area (Å²) in [5, 5.41) is 9.69. The molecular weight excluding hydrogens is 126 g/mol. The molecule has 1 rings (SSSR count). The molecule has 3 heteroatoms. The Bertz CT molecular complexity index is 172. The molecule has 0 saturated carbocycles. The Labute approximate surface area is 60.7 Å². The van der Waals surface area contributed by atoms with Crippen molar-refractivity contribution in [3.63, 3.8) is 0 Å². The quantitative estimate of drug-likeness (QED) is 0.415. The van der Waals surface area contributed by atoms with Crippen LogP contribution in [0.5, 0.6) is 0 Å². The van der Waals surface area contributed by atoms with E-state index in [1.807, 2.05) is 19.2 Å². The van der Waals surface area contributed by atoms with Gasteiger partial charge in [-0.2, -0.15) is 15.3 Å². The summed E-state index contributed by atoms with van der Waals surface area (Å²) in [5.74, 6) is 0. The normalized spacial score (nSPS) is 24.5. The van der Waals surface area contributed by atoms with Crippen LogP contribution in [-0.4, -0.2) is 23.6 Å². The van der Waals surface area contributed by atoms with Crippen LogP contribution in [-0.2, 0) is 0 Å². The molecule has 0 aliphatic carbocycles. The van der Waals surface area contributed by atoms with Gasteiger partial charge in [0, 0.05) is 18.9 Å². The molecule has 54 valence electrons. The van der Waals surface area contributed by atoms with E-state index >= 15 is 0 Å². The van der Waals surface area contributed by atoms with Gasteiger partial charge in [0.25, 0.3) is 0 Å². The first-order valence-corrected chi connectivity index (χ1v) is 3.31. The van der Waals surface area contributed by atoms with Crippen molar-refractivity contribution in [2.24, 2.45) is 10.2 Å². The summed E-state index contributed by atoms with van der Waals surface area (Å²) in [6.07, 6.45) is 6.33. The molecule has 0 spiro atoms. The first-order chi connectivity index (χ1) is 4.88. The van der Waals surface area contributed by atoms with Crippen molar-refractivity contribution in [3.05, 3.63) is 12.7 Å². The fourth-order valence-corrected chi connectivity index (χ4v) is 0.843. The maximum Gasteiger partial charge on any atom is 0.0943 e. The lowest BCUT2D eigenvalue weighted by Gasteiger charge is -2.12. The van der Waals surface area contributed by atoms with Crippen molar-refractivity contribution in [2.45, 2.75) is 19.4 Å². The SMILES string of the molecule is C=C[C@@H]1CC=NN1/N=C\C. The van der Waals surface area contributed by atoms with Crippen molar-refractivity contribution >= 4 is 12.4 Å². The van der Waals surface area contributed by atoms with Gasteiger partial charge in [-0.1, -0.05) is 6.08 Å². The number of rotatable bonds is 2. The standard InChI is InChI=1S/C7H11N3/c1-3-7-5-6-9-10(7)8-4-2/h3-4,6-7H,1,5H2,2H3/b8-4-/t7-/m1/s1. The largest absolute Gasteiger partial charge is 0.178 e. The molecule has 0 aromatic heterocycles. The van der Waals surface area contributed by atoms with Crippen molar-refractivity contribution in [1.82, 2.24) is 5.12 Å².